The maximum atomic E-state index is 13.7. The Kier molecular flexibility index (Phi) is 6.33. The molecular formula is C25H22N2O5S2. The van der Waals surface area contributed by atoms with Gasteiger partial charge < -0.3 is 0 Å². The van der Waals surface area contributed by atoms with Crippen LogP contribution in [0.5, 0.6) is 0 Å². The van der Waals surface area contributed by atoms with E-state index >= 15 is 0 Å². The molecule has 1 saturated heterocycles. The number of thioether (sulfide) groups is 1. The minimum Gasteiger partial charge on any atom is -0.286 e. The van der Waals surface area contributed by atoms with Gasteiger partial charge in [0.05, 0.1) is 4.92 Å². The third kappa shape index (κ3) is 4.24. The largest absolute Gasteiger partial charge is 0.286 e. The van der Waals surface area contributed by atoms with Crippen LogP contribution in [0.3, 0.4) is 0 Å². The second kappa shape index (κ2) is 9.08. The normalized spacial score (nSPS) is 18.4. The number of hydrogen-bond donors (Lipinski definition) is 0. The molecule has 3 aromatic carbocycles. The summed E-state index contributed by atoms with van der Waals surface area (Å²) in [5.74, 6) is -0.672. The number of non-ortho nitro benzene ring substituents is 1. The van der Waals surface area contributed by atoms with Crippen molar-refractivity contribution in [2.24, 2.45) is 0 Å². The summed E-state index contributed by atoms with van der Waals surface area (Å²) in [6, 6.07) is 17.9. The smallest absolute Gasteiger partial charge is 0.271 e. The van der Waals surface area contributed by atoms with Crippen molar-refractivity contribution in [2.75, 3.05) is 11.2 Å². The van der Waals surface area contributed by atoms with Crippen LogP contribution in [0.25, 0.3) is 6.08 Å². The maximum absolute atomic E-state index is 13.7. The Morgan fingerprint density at radius 3 is 2.32 bits per heavy atom. The Labute approximate surface area is 202 Å². The lowest BCUT2D eigenvalue weighted by molar-refractivity contribution is -0.384. The number of benzene rings is 3. The highest BCUT2D eigenvalue weighted by molar-refractivity contribution is 7.98. The van der Waals surface area contributed by atoms with E-state index < -0.39 is 26.0 Å². The van der Waals surface area contributed by atoms with Crippen LogP contribution in [0.15, 0.2) is 76.5 Å². The Hall–Kier alpha value is -3.43. The van der Waals surface area contributed by atoms with Gasteiger partial charge in [-0.3, -0.25) is 19.8 Å². The molecule has 1 fully saturated rings. The van der Waals surface area contributed by atoms with E-state index in [1.54, 1.807) is 36.0 Å². The monoisotopic (exact) mass is 494 g/mol. The number of anilines is 1. The molecule has 0 aliphatic carbocycles. The molecule has 4 rings (SSSR count). The van der Waals surface area contributed by atoms with Crippen LogP contribution < -0.4 is 4.90 Å². The van der Waals surface area contributed by atoms with Crippen LogP contribution in [-0.2, 0) is 14.6 Å². The first kappa shape index (κ1) is 23.7. The van der Waals surface area contributed by atoms with Gasteiger partial charge in [0.25, 0.3) is 11.6 Å². The van der Waals surface area contributed by atoms with Gasteiger partial charge in [-0.2, -0.15) is 0 Å². The van der Waals surface area contributed by atoms with Crippen molar-refractivity contribution in [1.29, 1.82) is 0 Å². The summed E-state index contributed by atoms with van der Waals surface area (Å²) in [4.78, 5) is 26.2. The summed E-state index contributed by atoms with van der Waals surface area (Å²) in [6.07, 6.45) is 3.30. The van der Waals surface area contributed by atoms with Crippen molar-refractivity contribution < 1.29 is 18.1 Å². The molecule has 174 valence electrons. The third-order valence-electron chi connectivity index (χ3n) is 5.81. The average Bonchev–Trinajstić information content (AvgIpc) is 3.01. The highest BCUT2D eigenvalue weighted by Crippen LogP contribution is 2.44. The van der Waals surface area contributed by atoms with Gasteiger partial charge in [-0.25, -0.2) is 8.42 Å². The fourth-order valence-corrected chi connectivity index (χ4v) is 6.14. The fraction of sp³-hybridized carbons (Fsp3) is 0.160. The minimum absolute atomic E-state index is 0.155. The van der Waals surface area contributed by atoms with Gasteiger partial charge in [0, 0.05) is 22.7 Å². The summed E-state index contributed by atoms with van der Waals surface area (Å²) >= 11 is 1.55. The minimum atomic E-state index is -4.20. The number of hydrogen-bond acceptors (Lipinski definition) is 6. The lowest BCUT2D eigenvalue weighted by atomic mass is 10.1. The van der Waals surface area contributed by atoms with Crippen molar-refractivity contribution in [3.05, 3.63) is 104 Å². The second-order valence-corrected chi connectivity index (χ2v) is 10.8. The molecule has 1 atom stereocenters. The highest BCUT2D eigenvalue weighted by Gasteiger charge is 2.50. The number of nitro groups is 1. The summed E-state index contributed by atoms with van der Waals surface area (Å²) in [7, 11) is -4.20. The number of carbonyl (C=O) groups excluding carboxylic acids is 1. The maximum Gasteiger partial charge on any atom is 0.271 e. The van der Waals surface area contributed by atoms with E-state index in [0.717, 1.165) is 16.0 Å². The van der Waals surface area contributed by atoms with Gasteiger partial charge in [-0.15, -0.1) is 11.8 Å². The summed E-state index contributed by atoms with van der Waals surface area (Å²) in [6.45, 7) is 3.80. The van der Waals surface area contributed by atoms with Crippen LogP contribution in [0.1, 0.15) is 27.6 Å². The summed E-state index contributed by atoms with van der Waals surface area (Å²) < 4.78 is 27.5. The molecule has 0 bridgehead atoms. The number of rotatable bonds is 5. The van der Waals surface area contributed by atoms with Crippen molar-refractivity contribution in [1.82, 2.24) is 0 Å². The van der Waals surface area contributed by atoms with Crippen molar-refractivity contribution in [3.63, 3.8) is 0 Å². The topological polar surface area (TPSA) is 97.6 Å². The average molecular weight is 495 g/mol. The molecule has 1 aliphatic heterocycles. The Morgan fingerprint density at radius 2 is 1.71 bits per heavy atom. The molecule has 0 radical (unpaired) electrons. The third-order valence-corrected chi connectivity index (χ3v) is 8.53. The molecule has 1 amide bonds. The first-order chi connectivity index (χ1) is 16.1. The van der Waals surface area contributed by atoms with Crippen LogP contribution in [0, 0.1) is 24.0 Å². The molecule has 7 nitrogen and oxygen atoms in total. The number of sulfone groups is 1. The lowest BCUT2D eigenvalue weighted by Gasteiger charge is -2.24. The van der Waals surface area contributed by atoms with Gasteiger partial charge in [-0.05, 0) is 72.7 Å². The van der Waals surface area contributed by atoms with Gasteiger partial charge in [-0.1, -0.05) is 30.3 Å². The SMILES string of the molecule is CSc1ccc(/C=C2\C(=O)N(c3ccc(C)c(C)c3)C(c3cccc([N+](=O)[O-])c3)S2(=O)=O)cc1. The molecule has 1 aliphatic rings. The molecule has 0 aromatic heterocycles. The van der Waals surface area contributed by atoms with Crippen LogP contribution in [-0.4, -0.2) is 25.5 Å². The van der Waals surface area contributed by atoms with Gasteiger partial charge >= 0.3 is 0 Å². The van der Waals surface area contributed by atoms with Gasteiger partial charge in [0.1, 0.15) is 4.91 Å². The van der Waals surface area contributed by atoms with Crippen LogP contribution >= 0.6 is 11.8 Å². The van der Waals surface area contributed by atoms with Gasteiger partial charge in [0.2, 0.25) is 9.84 Å². The first-order valence-corrected chi connectivity index (χ1v) is 13.2. The molecule has 9 heteroatoms. The van der Waals surface area contributed by atoms with Gasteiger partial charge in [0.15, 0.2) is 5.37 Å². The molecule has 3 aromatic rings. The Bertz CT molecular complexity index is 1430. The lowest BCUT2D eigenvalue weighted by Crippen LogP contribution is -2.29. The van der Waals surface area contributed by atoms with Crippen molar-refractivity contribution in [3.8, 4) is 0 Å². The summed E-state index contributed by atoms with van der Waals surface area (Å²) in [5.41, 5.74) is 2.78. The molecule has 1 unspecified atom stereocenters. The summed E-state index contributed by atoms with van der Waals surface area (Å²) in [5, 5.41) is 9.93. The van der Waals surface area contributed by atoms with E-state index in [2.05, 4.69) is 0 Å². The number of nitrogens with zero attached hydrogens (tertiary/aromatic N) is 2. The van der Waals surface area contributed by atoms with E-state index in [0.29, 0.717) is 11.3 Å². The molecule has 34 heavy (non-hydrogen) atoms. The van der Waals surface area contributed by atoms with E-state index in [-0.39, 0.29) is 16.2 Å². The number of carbonyl (C=O) groups is 1. The van der Waals surface area contributed by atoms with E-state index in [9.17, 15) is 23.3 Å². The number of nitro benzene ring substituents is 1. The van der Waals surface area contributed by atoms with Crippen LogP contribution in [0.4, 0.5) is 11.4 Å². The highest BCUT2D eigenvalue weighted by atomic mass is 32.2. The Balaban J connectivity index is 1.92. The number of aryl methyl sites for hydroxylation is 2. The van der Waals surface area contributed by atoms with E-state index in [1.807, 2.05) is 38.3 Å². The standard InChI is InChI=1S/C25H22N2O5S2/c1-16-7-10-20(13-17(16)2)26-24(28)23(14-18-8-11-22(33-3)12-9-18)34(31,32)25(26)19-5-4-6-21(15-19)27(29)30/h4-15,25H,1-3H3/b23-14+. The first-order valence-electron chi connectivity index (χ1n) is 10.4. The molecule has 0 spiro atoms. The predicted octanol–water partition coefficient (Wildman–Crippen LogP) is 5.43. The molecular weight excluding hydrogens is 472 g/mol. The van der Waals surface area contributed by atoms with E-state index in [1.165, 1.54) is 35.2 Å². The van der Waals surface area contributed by atoms with Crippen molar-refractivity contribution >= 4 is 45.0 Å². The zero-order valence-corrected chi connectivity index (χ0v) is 20.4. The fourth-order valence-electron chi connectivity index (χ4n) is 3.85. The Morgan fingerprint density at radius 1 is 1.00 bits per heavy atom. The van der Waals surface area contributed by atoms with Crippen LogP contribution in [0.2, 0.25) is 0 Å². The quantitative estimate of drug-likeness (QED) is 0.203. The van der Waals surface area contributed by atoms with Crippen molar-refractivity contribution in [2.45, 2.75) is 24.1 Å². The molecule has 1 heterocycles. The predicted molar refractivity (Wildman–Crippen MR) is 134 cm³/mol. The zero-order valence-electron chi connectivity index (χ0n) is 18.8. The molecule has 0 N–H and O–H groups in total. The number of amides is 1. The zero-order chi connectivity index (χ0) is 24.6. The second-order valence-electron chi connectivity index (χ2n) is 7.97. The molecule has 0 saturated carbocycles. The van der Waals surface area contributed by atoms with E-state index in [4.69, 9.17) is 0 Å².